The average Bonchev–Trinajstić information content (AvgIpc) is 3.05. The minimum absolute atomic E-state index is 0.109. The Balaban J connectivity index is 2.05. The van der Waals surface area contributed by atoms with Crippen molar-refractivity contribution in [2.24, 2.45) is 0 Å². The van der Waals surface area contributed by atoms with Crippen LogP contribution in [0.25, 0.3) is 0 Å². The molecule has 1 saturated heterocycles. The van der Waals surface area contributed by atoms with Crippen molar-refractivity contribution < 1.29 is 9.67 Å². The maximum atomic E-state index is 15.3. The summed E-state index contributed by atoms with van der Waals surface area (Å²) < 4.78 is 15.3. The molecule has 1 aliphatic heterocycles. The fourth-order valence-electron chi connectivity index (χ4n) is 5.18. The summed E-state index contributed by atoms with van der Waals surface area (Å²) in [5, 5.41) is 11.5. The smallest absolute Gasteiger partial charge is 0.135 e. The third kappa shape index (κ3) is 2.70. The van der Waals surface area contributed by atoms with Crippen molar-refractivity contribution in [2.45, 2.75) is 43.1 Å². The van der Waals surface area contributed by atoms with Crippen LogP contribution in [0.5, 0.6) is 0 Å². The van der Waals surface area contributed by atoms with Gasteiger partial charge in [-0.1, -0.05) is 91.0 Å². The molecule has 3 aromatic carbocycles. The maximum Gasteiger partial charge on any atom is 0.135 e. The van der Waals surface area contributed by atoms with Crippen molar-refractivity contribution in [3.8, 4) is 0 Å². The first-order chi connectivity index (χ1) is 13.4. The highest BCUT2D eigenvalue weighted by molar-refractivity contribution is 7.73. The van der Waals surface area contributed by atoms with E-state index in [4.69, 9.17) is 0 Å². The van der Waals surface area contributed by atoms with Crippen LogP contribution < -0.4 is 5.30 Å². The maximum absolute atomic E-state index is 15.3. The molecule has 1 N–H and O–H groups in total. The highest BCUT2D eigenvalue weighted by atomic mass is 31.2. The summed E-state index contributed by atoms with van der Waals surface area (Å²) >= 11 is 0. The number of hydrogen-bond acceptors (Lipinski definition) is 2. The van der Waals surface area contributed by atoms with Gasteiger partial charge in [-0.3, -0.25) is 0 Å². The van der Waals surface area contributed by atoms with Crippen LogP contribution in [0.1, 0.15) is 43.5 Å². The summed E-state index contributed by atoms with van der Waals surface area (Å²) in [7, 11) is -3.09. The zero-order chi connectivity index (χ0) is 19.8. The quantitative estimate of drug-likeness (QED) is 0.565. The molecule has 2 nitrogen and oxygen atoms in total. The van der Waals surface area contributed by atoms with Gasteiger partial charge in [0.1, 0.15) is 7.14 Å². The number of hydrogen-bond donors (Lipinski definition) is 1. The minimum Gasteiger partial charge on any atom is -0.389 e. The first-order valence-electron chi connectivity index (χ1n) is 9.89. The lowest BCUT2D eigenvalue weighted by molar-refractivity contribution is 0.0293. The normalized spacial score (nSPS) is 27.6. The second kappa shape index (κ2) is 7.03. The molecule has 0 aliphatic carbocycles. The fraction of sp³-hybridized carbons (Fsp3) is 0.280. The first-order valence-corrected chi connectivity index (χ1v) is 11.7. The van der Waals surface area contributed by atoms with Gasteiger partial charge < -0.3 is 9.67 Å². The molecule has 144 valence electrons. The van der Waals surface area contributed by atoms with Gasteiger partial charge in [-0.05, 0) is 37.8 Å². The van der Waals surface area contributed by atoms with Crippen LogP contribution in [0.3, 0.4) is 0 Å². The van der Waals surface area contributed by atoms with E-state index < -0.39 is 17.9 Å². The summed E-state index contributed by atoms with van der Waals surface area (Å²) in [6, 6.07) is 30.0. The first kappa shape index (κ1) is 19.2. The van der Waals surface area contributed by atoms with Gasteiger partial charge in [0.05, 0.1) is 10.8 Å². The molecule has 0 saturated carbocycles. The second-order valence-electron chi connectivity index (χ2n) is 8.24. The molecule has 0 bridgehead atoms. The van der Waals surface area contributed by atoms with Crippen LogP contribution in [-0.2, 0) is 9.72 Å². The predicted molar refractivity (Wildman–Crippen MR) is 117 cm³/mol. The van der Waals surface area contributed by atoms with Crippen molar-refractivity contribution >= 4 is 12.4 Å². The van der Waals surface area contributed by atoms with Crippen molar-refractivity contribution in [3.05, 3.63) is 102 Å². The highest BCUT2D eigenvalue weighted by Gasteiger charge is 2.65. The zero-order valence-corrected chi connectivity index (χ0v) is 17.3. The van der Waals surface area contributed by atoms with Crippen LogP contribution in [0, 0.1) is 0 Å². The largest absolute Gasteiger partial charge is 0.389 e. The third-order valence-electron chi connectivity index (χ3n) is 6.37. The molecule has 0 spiro atoms. The predicted octanol–water partition coefficient (Wildman–Crippen LogP) is 5.88. The molecule has 3 atom stereocenters. The van der Waals surface area contributed by atoms with E-state index in [9.17, 15) is 5.11 Å². The highest BCUT2D eigenvalue weighted by Crippen LogP contribution is 2.81. The van der Waals surface area contributed by atoms with Gasteiger partial charge in [-0.15, -0.1) is 0 Å². The molecule has 28 heavy (non-hydrogen) atoms. The lowest BCUT2D eigenvalue weighted by Crippen LogP contribution is -2.47. The van der Waals surface area contributed by atoms with Crippen LogP contribution in [-0.4, -0.2) is 10.7 Å². The molecule has 1 aliphatic rings. The van der Waals surface area contributed by atoms with E-state index in [-0.39, 0.29) is 5.66 Å². The molecule has 0 amide bonds. The van der Waals surface area contributed by atoms with Crippen LogP contribution in [0.2, 0.25) is 0 Å². The number of rotatable bonds is 4. The monoisotopic (exact) mass is 390 g/mol. The number of benzene rings is 3. The average molecular weight is 390 g/mol. The summed E-state index contributed by atoms with van der Waals surface area (Å²) in [6.45, 7) is 3.64. The molecule has 3 heteroatoms. The van der Waals surface area contributed by atoms with E-state index >= 15 is 4.57 Å². The molecule has 1 heterocycles. The van der Waals surface area contributed by atoms with Crippen LogP contribution in [0.15, 0.2) is 91.0 Å². The summed E-state index contributed by atoms with van der Waals surface area (Å²) in [5.41, 5.74) is 0.816. The van der Waals surface area contributed by atoms with Gasteiger partial charge in [0.15, 0.2) is 0 Å². The van der Waals surface area contributed by atoms with E-state index in [1.165, 1.54) is 0 Å². The van der Waals surface area contributed by atoms with E-state index in [1.54, 1.807) is 0 Å². The van der Waals surface area contributed by atoms with Gasteiger partial charge >= 0.3 is 0 Å². The lowest BCUT2D eigenvalue weighted by Gasteiger charge is -2.46. The Bertz CT molecular complexity index is 977. The Hall–Kier alpha value is -2.15. The van der Waals surface area contributed by atoms with E-state index in [0.717, 1.165) is 22.9 Å². The Labute approximate surface area is 167 Å². The Morgan fingerprint density at radius 1 is 0.857 bits per heavy atom. The molecular weight excluding hydrogens is 363 g/mol. The summed E-state index contributed by atoms with van der Waals surface area (Å²) in [5.74, 6) is 0. The molecular formula is C25H27O2P. The molecule has 0 radical (unpaired) electrons. The van der Waals surface area contributed by atoms with Gasteiger partial charge in [-0.2, -0.15) is 0 Å². The van der Waals surface area contributed by atoms with E-state index in [0.29, 0.717) is 6.42 Å². The Morgan fingerprint density at radius 3 is 1.89 bits per heavy atom. The summed E-state index contributed by atoms with van der Waals surface area (Å²) in [4.78, 5) is 0. The minimum atomic E-state index is -3.09. The zero-order valence-electron chi connectivity index (χ0n) is 16.5. The van der Waals surface area contributed by atoms with Gasteiger partial charge in [0.2, 0.25) is 0 Å². The van der Waals surface area contributed by atoms with E-state index in [1.807, 2.05) is 92.7 Å². The summed E-state index contributed by atoms with van der Waals surface area (Å²) in [6.07, 6.45) is 1.47. The Kier molecular flexibility index (Phi) is 4.81. The molecule has 1 unspecified atom stereocenters. The van der Waals surface area contributed by atoms with Crippen molar-refractivity contribution in [2.75, 3.05) is 0 Å². The fourth-order valence-corrected chi connectivity index (χ4v) is 10.0. The van der Waals surface area contributed by atoms with Crippen LogP contribution in [0.4, 0.5) is 0 Å². The molecule has 1 fully saturated rings. The Morgan fingerprint density at radius 2 is 1.36 bits per heavy atom. The van der Waals surface area contributed by atoms with Gasteiger partial charge in [0, 0.05) is 11.0 Å². The molecule has 0 aromatic heterocycles. The molecule has 4 rings (SSSR count). The van der Waals surface area contributed by atoms with Gasteiger partial charge in [0.25, 0.3) is 0 Å². The SMILES string of the molecule is CC(C)(O)[C@]1(c2ccccc2)CC[C@@H](c2ccccc2)P1(=O)c1ccccc1. The van der Waals surface area contributed by atoms with Crippen molar-refractivity contribution in [1.29, 1.82) is 0 Å². The molecule has 3 aromatic rings. The lowest BCUT2D eigenvalue weighted by atomic mass is 9.80. The van der Waals surface area contributed by atoms with Crippen molar-refractivity contribution in [3.63, 3.8) is 0 Å². The van der Waals surface area contributed by atoms with Crippen LogP contribution >= 0.6 is 7.14 Å². The van der Waals surface area contributed by atoms with Crippen molar-refractivity contribution in [1.82, 2.24) is 0 Å². The van der Waals surface area contributed by atoms with Gasteiger partial charge in [-0.25, -0.2) is 0 Å². The topological polar surface area (TPSA) is 37.3 Å². The van der Waals surface area contributed by atoms with E-state index in [2.05, 4.69) is 12.1 Å². The third-order valence-corrected chi connectivity index (χ3v) is 11.0. The standard InChI is InChI=1S/C25H27O2P/c1-24(2,26)25(21-14-8-4-9-15-21)19-18-23(20-12-6-3-7-13-20)28(25,27)22-16-10-5-11-17-22/h3-17,23,26H,18-19H2,1-2H3/t23-,25+,28?/m0/s1. The second-order valence-corrected chi connectivity index (χ2v) is 11.5. The number of aliphatic hydroxyl groups is 1.